The van der Waals surface area contributed by atoms with Crippen molar-refractivity contribution >= 4 is 27.5 Å². The molecule has 0 aromatic heterocycles. The van der Waals surface area contributed by atoms with Gasteiger partial charge in [0, 0.05) is 22.3 Å². The Kier molecular flexibility index (Phi) is 4.83. The van der Waals surface area contributed by atoms with E-state index in [0.717, 1.165) is 32.7 Å². The molecular weight excluding hydrogens is 400 g/mol. The molecule has 0 radical (unpaired) electrons. The monoisotopic (exact) mass is 420 g/mol. The van der Waals surface area contributed by atoms with Crippen molar-refractivity contribution in [1.82, 2.24) is 4.90 Å². The van der Waals surface area contributed by atoms with Gasteiger partial charge in [0.15, 0.2) is 5.78 Å². The minimum Gasteiger partial charge on any atom is -0.330 e. The van der Waals surface area contributed by atoms with Crippen LogP contribution in [0.5, 0.6) is 0 Å². The van der Waals surface area contributed by atoms with E-state index < -0.39 is 0 Å². The smallest absolute Gasteiger partial charge is 0.169 e. The summed E-state index contributed by atoms with van der Waals surface area (Å²) in [6, 6.07) is 16.1. The van der Waals surface area contributed by atoms with Gasteiger partial charge in [0.1, 0.15) is 5.84 Å². The number of hydrogen-bond acceptors (Lipinski definition) is 3. The molecule has 0 spiro atoms. The number of benzene rings is 2. The lowest BCUT2D eigenvalue weighted by atomic mass is 9.93. The number of hydrogen-bond donors (Lipinski definition) is 0. The molecule has 4 heteroatoms. The number of Topliss-reactive ketones (excluding diaryl/α,β-unsaturated/α-hetero) is 1. The van der Waals surface area contributed by atoms with E-state index in [1.807, 2.05) is 36.4 Å². The fourth-order valence-electron chi connectivity index (χ4n) is 3.63. The van der Waals surface area contributed by atoms with Crippen LogP contribution in [0.1, 0.15) is 24.2 Å². The van der Waals surface area contributed by atoms with Gasteiger partial charge in [-0.1, -0.05) is 52.3 Å². The maximum atomic E-state index is 13.0. The number of rotatable bonds is 3. The van der Waals surface area contributed by atoms with E-state index in [2.05, 4.69) is 64.0 Å². The highest BCUT2D eigenvalue weighted by atomic mass is 79.9. The lowest BCUT2D eigenvalue weighted by molar-refractivity contribution is 0.0907. The first-order valence-electron chi connectivity index (χ1n) is 9.10. The Hall–Kier alpha value is -2.46. The van der Waals surface area contributed by atoms with Gasteiger partial charge in [-0.2, -0.15) is 0 Å². The van der Waals surface area contributed by atoms with E-state index >= 15 is 0 Å². The summed E-state index contributed by atoms with van der Waals surface area (Å²) in [6.07, 6.45) is 4.22. The molecule has 0 N–H and O–H groups in total. The normalized spacial score (nSPS) is 19.0. The molecule has 2 aliphatic heterocycles. The molecule has 0 amide bonds. The first kappa shape index (κ1) is 17.9. The Morgan fingerprint density at radius 1 is 1.00 bits per heavy atom. The van der Waals surface area contributed by atoms with Gasteiger partial charge in [0.25, 0.3) is 0 Å². The minimum absolute atomic E-state index is 0.109. The molecule has 2 aromatic carbocycles. The third-order valence-corrected chi connectivity index (χ3v) is 5.62. The summed E-state index contributed by atoms with van der Waals surface area (Å²) in [5.41, 5.74) is 5.36. The summed E-state index contributed by atoms with van der Waals surface area (Å²) >= 11 is 3.46. The van der Waals surface area contributed by atoms with E-state index in [1.54, 1.807) is 0 Å². The molecule has 1 unspecified atom stereocenters. The largest absolute Gasteiger partial charge is 0.330 e. The molecule has 2 aromatic rings. The van der Waals surface area contributed by atoms with Gasteiger partial charge in [0.2, 0.25) is 0 Å². The van der Waals surface area contributed by atoms with Gasteiger partial charge in [0.05, 0.1) is 12.5 Å². The Morgan fingerprint density at radius 3 is 2.30 bits per heavy atom. The lowest BCUT2D eigenvalue weighted by Gasteiger charge is -2.35. The summed E-state index contributed by atoms with van der Waals surface area (Å²) < 4.78 is 1.06. The zero-order chi connectivity index (χ0) is 19.0. The molecule has 27 heavy (non-hydrogen) atoms. The highest BCUT2D eigenvalue weighted by molar-refractivity contribution is 9.10. The summed E-state index contributed by atoms with van der Waals surface area (Å²) in [7, 11) is 0. The highest BCUT2D eigenvalue weighted by Gasteiger charge is 2.29. The van der Waals surface area contributed by atoms with Crippen LogP contribution in [0.2, 0.25) is 0 Å². The first-order valence-corrected chi connectivity index (χ1v) is 9.89. The second-order valence-electron chi connectivity index (χ2n) is 7.13. The van der Waals surface area contributed by atoms with Crippen molar-refractivity contribution in [3.63, 3.8) is 0 Å². The molecule has 4 rings (SSSR count). The molecule has 2 heterocycles. The number of aliphatic imine (C=N–C) groups is 1. The summed E-state index contributed by atoms with van der Waals surface area (Å²) in [4.78, 5) is 19.8. The molecule has 2 aliphatic rings. The van der Waals surface area contributed by atoms with E-state index in [-0.39, 0.29) is 11.7 Å². The molecule has 0 saturated carbocycles. The Morgan fingerprint density at radius 2 is 1.63 bits per heavy atom. The average molecular weight is 421 g/mol. The van der Waals surface area contributed by atoms with E-state index in [4.69, 9.17) is 0 Å². The second kappa shape index (κ2) is 7.28. The topological polar surface area (TPSA) is 32.7 Å². The van der Waals surface area contributed by atoms with Gasteiger partial charge in [-0.05, 0) is 54.8 Å². The quantitative estimate of drug-likeness (QED) is 0.614. The van der Waals surface area contributed by atoms with Crippen molar-refractivity contribution in [3.05, 3.63) is 82.0 Å². The number of fused-ring (bicyclic) bond motifs is 1. The number of amidine groups is 1. The van der Waals surface area contributed by atoms with Crippen LogP contribution in [0.4, 0.5) is 0 Å². The zero-order valence-corrected chi connectivity index (χ0v) is 17.0. The van der Waals surface area contributed by atoms with E-state index in [0.29, 0.717) is 13.1 Å². The summed E-state index contributed by atoms with van der Waals surface area (Å²) in [5.74, 6) is 1.03. The number of halogens is 1. The summed E-state index contributed by atoms with van der Waals surface area (Å²) in [5, 5.41) is 0. The molecule has 3 nitrogen and oxygen atoms in total. The number of carbonyl (C=O) groups is 1. The van der Waals surface area contributed by atoms with Crippen molar-refractivity contribution in [2.75, 3.05) is 13.1 Å². The van der Waals surface area contributed by atoms with Gasteiger partial charge in [-0.15, -0.1) is 0 Å². The van der Waals surface area contributed by atoms with Crippen LogP contribution >= 0.6 is 15.9 Å². The number of allylic oxidation sites excluding steroid dienone is 3. The van der Waals surface area contributed by atoms with Gasteiger partial charge < -0.3 is 4.90 Å². The van der Waals surface area contributed by atoms with Crippen molar-refractivity contribution in [1.29, 1.82) is 0 Å². The van der Waals surface area contributed by atoms with Crippen molar-refractivity contribution in [2.45, 2.75) is 13.8 Å². The third-order valence-electron chi connectivity index (χ3n) is 5.09. The molecule has 0 fully saturated rings. The highest BCUT2D eigenvalue weighted by Crippen LogP contribution is 2.26. The standard InChI is InChI=1S/C23H21BrN2O/c1-15-11-16(2)26-14-20(13-25-22(26)12-15)23(27)19-5-3-17(4-6-19)18-7-9-21(24)10-8-18/h3-12,20H,13-14H2,1-2H3. The van der Waals surface area contributed by atoms with Crippen LogP contribution in [-0.2, 0) is 0 Å². The molecule has 0 aliphatic carbocycles. The third kappa shape index (κ3) is 3.67. The Balaban J connectivity index is 1.52. The van der Waals surface area contributed by atoms with E-state index in [9.17, 15) is 4.79 Å². The van der Waals surface area contributed by atoms with Gasteiger partial charge in [-0.3, -0.25) is 9.79 Å². The molecule has 0 bridgehead atoms. The number of nitrogens with zero attached hydrogens (tertiary/aromatic N) is 2. The van der Waals surface area contributed by atoms with Crippen molar-refractivity contribution in [3.8, 4) is 11.1 Å². The predicted molar refractivity (Wildman–Crippen MR) is 114 cm³/mol. The minimum atomic E-state index is -0.109. The van der Waals surface area contributed by atoms with Crippen LogP contribution in [0.25, 0.3) is 11.1 Å². The van der Waals surface area contributed by atoms with Gasteiger partial charge in [-0.25, -0.2) is 0 Å². The Bertz CT molecular complexity index is 968. The molecule has 1 atom stereocenters. The van der Waals surface area contributed by atoms with Crippen LogP contribution in [-0.4, -0.2) is 29.6 Å². The maximum Gasteiger partial charge on any atom is 0.169 e. The lowest BCUT2D eigenvalue weighted by Crippen LogP contribution is -2.42. The van der Waals surface area contributed by atoms with Crippen molar-refractivity contribution < 1.29 is 4.79 Å². The van der Waals surface area contributed by atoms with E-state index in [1.165, 1.54) is 5.57 Å². The number of carbonyl (C=O) groups excluding carboxylic acids is 1. The molecular formula is C23H21BrN2O. The SMILES string of the molecule is CC1=CC2=NCC(C(=O)c3ccc(-c4ccc(Br)cc4)cc3)CN2C(C)=C1. The van der Waals surface area contributed by atoms with Crippen molar-refractivity contribution in [2.24, 2.45) is 10.9 Å². The second-order valence-corrected chi connectivity index (χ2v) is 8.04. The zero-order valence-electron chi connectivity index (χ0n) is 15.4. The van der Waals surface area contributed by atoms with Crippen LogP contribution in [0.3, 0.4) is 0 Å². The fourth-order valence-corrected chi connectivity index (χ4v) is 3.90. The summed E-state index contributed by atoms with van der Waals surface area (Å²) in [6.45, 7) is 5.40. The van der Waals surface area contributed by atoms with Crippen LogP contribution < -0.4 is 0 Å². The predicted octanol–water partition coefficient (Wildman–Crippen LogP) is 5.49. The fraction of sp³-hybridized carbons (Fsp3) is 0.217. The first-order chi connectivity index (χ1) is 13.0. The molecule has 0 saturated heterocycles. The average Bonchev–Trinajstić information content (AvgIpc) is 2.68. The maximum absolute atomic E-state index is 13.0. The molecule has 136 valence electrons. The van der Waals surface area contributed by atoms with Crippen LogP contribution in [0, 0.1) is 5.92 Å². The number of ketones is 1. The van der Waals surface area contributed by atoms with Crippen LogP contribution in [0.15, 0.2) is 81.4 Å². The Labute approximate surface area is 168 Å². The van der Waals surface area contributed by atoms with Gasteiger partial charge >= 0.3 is 0 Å².